The van der Waals surface area contributed by atoms with Gasteiger partial charge in [0.2, 0.25) is 0 Å². The highest BCUT2D eigenvalue weighted by Gasteiger charge is 2.35. The lowest BCUT2D eigenvalue weighted by Gasteiger charge is -2.20. The fourth-order valence-electron chi connectivity index (χ4n) is 2.90. The van der Waals surface area contributed by atoms with Crippen molar-refractivity contribution >= 4 is 33.6 Å². The Labute approximate surface area is 173 Å². The molecule has 0 spiro atoms. The molecule has 148 valence electrons. The van der Waals surface area contributed by atoms with Gasteiger partial charge in [-0.3, -0.25) is 4.79 Å². The number of ether oxygens (including phenoxy) is 1. The molecule has 6 nitrogen and oxygen atoms in total. The van der Waals surface area contributed by atoms with Gasteiger partial charge >= 0.3 is 10.2 Å². The standard InChI is InChI=1S/C21H18N2O4S2/c24-21-14-23(29(25,26)22-21)19-12-11-18(28-17-9-5-2-6-10-17)13-20(19)27-15-16-7-3-1-4-8-16/h1-13H,14-15H2,(H,22,24). The summed E-state index contributed by atoms with van der Waals surface area (Å²) in [6, 6.07) is 24.7. The smallest absolute Gasteiger partial charge is 0.326 e. The number of nitrogens with zero attached hydrogens (tertiary/aromatic N) is 1. The monoisotopic (exact) mass is 426 g/mol. The van der Waals surface area contributed by atoms with Gasteiger partial charge in [-0.15, -0.1) is 0 Å². The molecule has 0 radical (unpaired) electrons. The van der Waals surface area contributed by atoms with Gasteiger partial charge in [0.25, 0.3) is 5.91 Å². The molecule has 0 bridgehead atoms. The fraction of sp³-hybridized carbons (Fsp3) is 0.0952. The number of anilines is 1. The molecule has 29 heavy (non-hydrogen) atoms. The summed E-state index contributed by atoms with van der Waals surface area (Å²) < 4.78 is 33.6. The van der Waals surface area contributed by atoms with Crippen LogP contribution in [0.2, 0.25) is 0 Å². The van der Waals surface area contributed by atoms with Crippen molar-refractivity contribution in [2.24, 2.45) is 0 Å². The van der Waals surface area contributed by atoms with Crippen molar-refractivity contribution in [1.29, 1.82) is 0 Å². The molecule has 1 N–H and O–H groups in total. The van der Waals surface area contributed by atoms with E-state index < -0.39 is 16.1 Å². The molecule has 1 fully saturated rings. The summed E-state index contributed by atoms with van der Waals surface area (Å²) >= 11 is 1.54. The van der Waals surface area contributed by atoms with Gasteiger partial charge in [-0.25, -0.2) is 9.03 Å². The van der Waals surface area contributed by atoms with Crippen molar-refractivity contribution in [3.63, 3.8) is 0 Å². The maximum Gasteiger partial charge on any atom is 0.326 e. The van der Waals surface area contributed by atoms with E-state index in [4.69, 9.17) is 4.74 Å². The van der Waals surface area contributed by atoms with Crippen LogP contribution in [0, 0.1) is 0 Å². The van der Waals surface area contributed by atoms with E-state index in [1.807, 2.05) is 71.5 Å². The molecule has 3 aromatic carbocycles. The van der Waals surface area contributed by atoms with Crippen molar-refractivity contribution in [3.8, 4) is 5.75 Å². The largest absolute Gasteiger partial charge is 0.487 e. The lowest BCUT2D eigenvalue weighted by Crippen LogP contribution is -2.29. The number of carbonyl (C=O) groups is 1. The van der Waals surface area contributed by atoms with Gasteiger partial charge < -0.3 is 4.74 Å². The number of hydrogen-bond acceptors (Lipinski definition) is 5. The van der Waals surface area contributed by atoms with E-state index in [0.29, 0.717) is 11.4 Å². The van der Waals surface area contributed by atoms with E-state index in [2.05, 4.69) is 0 Å². The first kappa shape index (κ1) is 19.4. The van der Waals surface area contributed by atoms with Gasteiger partial charge in [0.15, 0.2) is 0 Å². The van der Waals surface area contributed by atoms with Gasteiger partial charge in [-0.2, -0.15) is 8.42 Å². The minimum atomic E-state index is -3.92. The van der Waals surface area contributed by atoms with E-state index in [-0.39, 0.29) is 13.2 Å². The molecule has 0 aromatic heterocycles. The predicted octanol–water partition coefficient (Wildman–Crippen LogP) is 3.60. The first-order chi connectivity index (χ1) is 14.0. The number of amides is 1. The average molecular weight is 427 g/mol. The Kier molecular flexibility index (Phi) is 5.46. The highest BCUT2D eigenvalue weighted by atomic mass is 32.2. The fourth-order valence-corrected chi connectivity index (χ4v) is 4.93. The van der Waals surface area contributed by atoms with Gasteiger partial charge in [-0.05, 0) is 35.9 Å². The van der Waals surface area contributed by atoms with Crippen LogP contribution in [0.3, 0.4) is 0 Å². The first-order valence-corrected chi connectivity index (χ1v) is 11.1. The van der Waals surface area contributed by atoms with Crippen LogP contribution in [0.15, 0.2) is 88.7 Å². The predicted molar refractivity (Wildman–Crippen MR) is 112 cm³/mol. The SMILES string of the molecule is O=C1CN(c2ccc(Sc3ccccc3)cc2OCc2ccccc2)S(=O)(=O)N1. The molecule has 1 heterocycles. The van der Waals surface area contributed by atoms with Gasteiger partial charge in [0.05, 0.1) is 5.69 Å². The van der Waals surface area contributed by atoms with Crippen LogP contribution < -0.4 is 13.8 Å². The Morgan fingerprint density at radius 1 is 0.931 bits per heavy atom. The Morgan fingerprint density at radius 2 is 1.62 bits per heavy atom. The van der Waals surface area contributed by atoms with Crippen LogP contribution in [0.5, 0.6) is 5.75 Å². The van der Waals surface area contributed by atoms with Crippen LogP contribution in [0.25, 0.3) is 0 Å². The average Bonchev–Trinajstić information content (AvgIpc) is 3.00. The molecule has 3 aromatic rings. The summed E-state index contributed by atoms with van der Waals surface area (Å²) in [4.78, 5) is 13.6. The van der Waals surface area contributed by atoms with Gasteiger partial charge in [-0.1, -0.05) is 60.3 Å². The van der Waals surface area contributed by atoms with Gasteiger partial charge in [0.1, 0.15) is 18.9 Å². The summed E-state index contributed by atoms with van der Waals surface area (Å²) in [7, 11) is -3.92. The maximum atomic E-state index is 12.3. The van der Waals surface area contributed by atoms with Crippen LogP contribution in [0.4, 0.5) is 5.69 Å². The second-order valence-electron chi connectivity index (χ2n) is 6.36. The maximum absolute atomic E-state index is 12.3. The zero-order chi connectivity index (χ0) is 20.3. The third-order valence-corrected chi connectivity index (χ3v) is 6.63. The van der Waals surface area contributed by atoms with E-state index >= 15 is 0 Å². The molecule has 1 aliphatic heterocycles. The molecule has 4 rings (SSSR count). The minimum Gasteiger partial charge on any atom is -0.487 e. The highest BCUT2D eigenvalue weighted by Crippen LogP contribution is 2.37. The molecule has 0 unspecified atom stereocenters. The number of benzene rings is 3. The van der Waals surface area contributed by atoms with E-state index in [1.54, 1.807) is 23.9 Å². The molecule has 8 heteroatoms. The van der Waals surface area contributed by atoms with E-state index in [0.717, 1.165) is 19.7 Å². The van der Waals surface area contributed by atoms with Crippen molar-refractivity contribution in [2.45, 2.75) is 16.4 Å². The Morgan fingerprint density at radius 3 is 2.28 bits per heavy atom. The van der Waals surface area contributed by atoms with Crippen molar-refractivity contribution in [3.05, 3.63) is 84.4 Å². The van der Waals surface area contributed by atoms with Gasteiger partial charge in [0, 0.05) is 9.79 Å². The number of hydrogen-bond donors (Lipinski definition) is 1. The van der Waals surface area contributed by atoms with Crippen LogP contribution in [-0.4, -0.2) is 20.9 Å². The normalized spacial score (nSPS) is 15.2. The van der Waals surface area contributed by atoms with E-state index in [9.17, 15) is 13.2 Å². The second-order valence-corrected chi connectivity index (χ2v) is 9.10. The molecule has 0 saturated carbocycles. The highest BCUT2D eigenvalue weighted by molar-refractivity contribution is 7.99. The molecular weight excluding hydrogens is 408 g/mol. The van der Waals surface area contributed by atoms with Crippen LogP contribution in [-0.2, 0) is 21.6 Å². The Balaban J connectivity index is 1.67. The summed E-state index contributed by atoms with van der Waals surface area (Å²) in [5, 5.41) is 0. The van der Waals surface area contributed by atoms with Crippen LogP contribution >= 0.6 is 11.8 Å². The topological polar surface area (TPSA) is 75.7 Å². The summed E-state index contributed by atoms with van der Waals surface area (Å²) in [6.07, 6.45) is 0. The number of carbonyl (C=O) groups excluding carboxylic acids is 1. The van der Waals surface area contributed by atoms with Crippen molar-refractivity contribution in [1.82, 2.24) is 4.72 Å². The van der Waals surface area contributed by atoms with Crippen molar-refractivity contribution in [2.75, 3.05) is 10.8 Å². The zero-order valence-corrected chi connectivity index (χ0v) is 16.9. The summed E-state index contributed by atoms with van der Waals surface area (Å²) in [5.74, 6) is -0.170. The van der Waals surface area contributed by atoms with E-state index in [1.165, 1.54) is 0 Å². The molecular formula is C21H18N2O4S2. The van der Waals surface area contributed by atoms with Crippen LogP contribution in [0.1, 0.15) is 5.56 Å². The molecule has 1 aliphatic rings. The number of rotatable bonds is 6. The molecule has 1 amide bonds. The Bertz CT molecular complexity index is 1120. The molecule has 1 saturated heterocycles. The molecule has 0 aliphatic carbocycles. The lowest BCUT2D eigenvalue weighted by atomic mass is 10.2. The lowest BCUT2D eigenvalue weighted by molar-refractivity contribution is -0.117. The third-order valence-electron chi connectivity index (χ3n) is 4.24. The first-order valence-electron chi connectivity index (χ1n) is 8.88. The minimum absolute atomic E-state index is 0.269. The second kappa shape index (κ2) is 8.18. The quantitative estimate of drug-likeness (QED) is 0.652. The molecule has 0 atom stereocenters. The zero-order valence-electron chi connectivity index (χ0n) is 15.3. The van der Waals surface area contributed by atoms with Crippen molar-refractivity contribution < 1.29 is 17.9 Å². The number of nitrogens with one attached hydrogen (secondary N) is 1. The Hall–Kier alpha value is -2.97. The third kappa shape index (κ3) is 4.55. The summed E-state index contributed by atoms with van der Waals surface area (Å²) in [5.41, 5.74) is 1.29. The summed E-state index contributed by atoms with van der Waals surface area (Å²) in [6.45, 7) is 0.0117.